The van der Waals surface area contributed by atoms with E-state index in [4.69, 9.17) is 4.98 Å². The lowest BCUT2D eigenvalue weighted by atomic mass is 9.85. The van der Waals surface area contributed by atoms with Gasteiger partial charge in [0.25, 0.3) is 0 Å². The lowest BCUT2D eigenvalue weighted by Gasteiger charge is -2.21. The van der Waals surface area contributed by atoms with E-state index in [1.54, 1.807) is 11.3 Å². The third-order valence-corrected chi connectivity index (χ3v) is 6.91. The zero-order valence-electron chi connectivity index (χ0n) is 16.8. The molecule has 0 bridgehead atoms. The van der Waals surface area contributed by atoms with Gasteiger partial charge in [-0.15, -0.1) is 11.3 Å². The summed E-state index contributed by atoms with van der Waals surface area (Å²) in [6.45, 7) is 3.36. The molecule has 4 aromatic rings. The molecule has 2 aromatic carbocycles. The highest BCUT2D eigenvalue weighted by Gasteiger charge is 2.27. The molecule has 5 rings (SSSR count). The summed E-state index contributed by atoms with van der Waals surface area (Å²) in [7, 11) is 0. The zero-order valence-corrected chi connectivity index (χ0v) is 17.6. The van der Waals surface area contributed by atoms with Gasteiger partial charge >= 0.3 is 5.97 Å². The molecule has 0 spiro atoms. The molecular formula is C24H23N3O2S. The van der Waals surface area contributed by atoms with Gasteiger partial charge in [-0.05, 0) is 41.7 Å². The maximum absolute atomic E-state index is 11.2. The molecule has 0 fully saturated rings. The average Bonchev–Trinajstić information content (AvgIpc) is 3.37. The number of hydrogen-bond donors (Lipinski definition) is 2. The first-order chi connectivity index (χ1) is 14.6. The second kappa shape index (κ2) is 7.61. The Morgan fingerprint density at radius 1 is 1.27 bits per heavy atom. The number of rotatable bonds is 6. The summed E-state index contributed by atoms with van der Waals surface area (Å²) in [5.41, 5.74) is 5.90. The number of carboxylic acid groups (broad SMARTS) is 1. The Balaban J connectivity index is 1.54. The van der Waals surface area contributed by atoms with Crippen molar-refractivity contribution in [1.29, 1.82) is 0 Å². The Kier molecular flexibility index (Phi) is 4.79. The Hall–Kier alpha value is -3.12. The van der Waals surface area contributed by atoms with Crippen molar-refractivity contribution in [2.24, 2.45) is 0 Å². The van der Waals surface area contributed by atoms with E-state index in [0.717, 1.165) is 28.3 Å². The lowest BCUT2D eigenvalue weighted by molar-refractivity contribution is -0.136. The highest BCUT2D eigenvalue weighted by Crippen LogP contribution is 2.45. The van der Waals surface area contributed by atoms with Crippen molar-refractivity contribution in [3.63, 3.8) is 0 Å². The van der Waals surface area contributed by atoms with E-state index in [-0.39, 0.29) is 6.42 Å². The van der Waals surface area contributed by atoms with Crippen LogP contribution in [0.4, 0.5) is 5.13 Å². The molecule has 2 heterocycles. The maximum Gasteiger partial charge on any atom is 0.305 e. The van der Waals surface area contributed by atoms with Crippen LogP contribution in [0.15, 0.2) is 54.7 Å². The van der Waals surface area contributed by atoms with Gasteiger partial charge < -0.3 is 15.0 Å². The van der Waals surface area contributed by atoms with Crippen molar-refractivity contribution in [3.8, 4) is 11.3 Å². The highest BCUT2D eigenvalue weighted by molar-refractivity contribution is 7.16. The Morgan fingerprint density at radius 3 is 2.90 bits per heavy atom. The minimum Gasteiger partial charge on any atom is -0.481 e. The monoisotopic (exact) mass is 417 g/mol. The minimum absolute atomic E-state index is 0.0913. The van der Waals surface area contributed by atoms with Gasteiger partial charge in [0.15, 0.2) is 5.13 Å². The fourth-order valence-electron chi connectivity index (χ4n) is 4.22. The number of carboxylic acids is 1. The van der Waals surface area contributed by atoms with Crippen molar-refractivity contribution in [2.45, 2.75) is 32.2 Å². The first-order valence-electron chi connectivity index (χ1n) is 10.2. The fourth-order valence-corrected chi connectivity index (χ4v) is 5.45. The van der Waals surface area contributed by atoms with Crippen molar-refractivity contribution < 1.29 is 9.90 Å². The zero-order chi connectivity index (χ0) is 20.7. The molecule has 1 aliphatic carbocycles. The van der Waals surface area contributed by atoms with Gasteiger partial charge in [0.1, 0.15) is 0 Å². The molecule has 152 valence electrons. The second-order valence-corrected chi connectivity index (χ2v) is 8.99. The van der Waals surface area contributed by atoms with Crippen LogP contribution in [0.1, 0.15) is 35.3 Å². The number of benzene rings is 2. The molecule has 2 aromatic heterocycles. The molecule has 1 unspecified atom stereocenters. The summed E-state index contributed by atoms with van der Waals surface area (Å²) < 4.78 is 0. The first-order valence-corrected chi connectivity index (χ1v) is 11.0. The molecule has 0 saturated carbocycles. The van der Waals surface area contributed by atoms with Crippen LogP contribution in [-0.4, -0.2) is 27.6 Å². The van der Waals surface area contributed by atoms with Crippen LogP contribution in [0.2, 0.25) is 0 Å². The van der Waals surface area contributed by atoms with Gasteiger partial charge in [-0.2, -0.15) is 0 Å². The van der Waals surface area contributed by atoms with Gasteiger partial charge in [0.2, 0.25) is 0 Å². The topological polar surface area (TPSA) is 69.2 Å². The number of fused-ring (bicyclic) bond motifs is 4. The van der Waals surface area contributed by atoms with Crippen LogP contribution in [0.3, 0.4) is 0 Å². The summed E-state index contributed by atoms with van der Waals surface area (Å²) >= 11 is 1.70. The summed E-state index contributed by atoms with van der Waals surface area (Å²) in [4.78, 5) is 23.0. The number of anilines is 1. The molecule has 1 aliphatic rings. The molecule has 0 amide bonds. The Labute approximate surface area is 179 Å². The van der Waals surface area contributed by atoms with Gasteiger partial charge in [-0.25, -0.2) is 4.98 Å². The number of aliphatic carboxylic acids is 1. The van der Waals surface area contributed by atoms with Crippen molar-refractivity contribution in [2.75, 3.05) is 11.4 Å². The number of nitrogens with one attached hydrogen (secondary N) is 1. The molecule has 0 saturated heterocycles. The maximum atomic E-state index is 11.2. The average molecular weight is 418 g/mol. The Bertz CT molecular complexity index is 1210. The van der Waals surface area contributed by atoms with Crippen LogP contribution in [0.25, 0.3) is 22.2 Å². The van der Waals surface area contributed by atoms with Gasteiger partial charge in [0.05, 0.1) is 12.1 Å². The minimum atomic E-state index is -0.789. The number of H-pyrrole nitrogens is 1. The number of thiazole rings is 1. The fraction of sp³-hybridized carbons (Fsp3) is 0.250. The van der Waals surface area contributed by atoms with E-state index in [1.807, 2.05) is 24.4 Å². The highest BCUT2D eigenvalue weighted by atomic mass is 32.1. The van der Waals surface area contributed by atoms with Crippen LogP contribution >= 0.6 is 11.3 Å². The van der Waals surface area contributed by atoms with E-state index in [0.29, 0.717) is 19.0 Å². The standard InChI is InChI=1S/C24H23N3O2S/c1-15-11-21-23(19-12-17-7-9-25-20(17)13-18(15)19)26-24(30-21)27(10-8-22(28)29)14-16-5-3-2-4-6-16/h2-7,9,12-13,15,25H,8,10-11,14H2,1H3,(H,28,29). The number of carbonyl (C=O) groups is 1. The molecule has 5 nitrogen and oxygen atoms in total. The van der Waals surface area contributed by atoms with E-state index >= 15 is 0 Å². The number of aromatic amines is 1. The molecule has 2 N–H and O–H groups in total. The number of nitrogens with zero attached hydrogens (tertiary/aromatic N) is 2. The largest absolute Gasteiger partial charge is 0.481 e. The van der Waals surface area contributed by atoms with Crippen molar-refractivity contribution in [3.05, 3.63) is 70.7 Å². The number of hydrogen-bond acceptors (Lipinski definition) is 4. The summed E-state index contributed by atoms with van der Waals surface area (Å²) in [6.07, 6.45) is 3.03. The summed E-state index contributed by atoms with van der Waals surface area (Å²) in [6, 6.07) is 16.7. The van der Waals surface area contributed by atoms with Gasteiger partial charge in [-0.1, -0.05) is 37.3 Å². The van der Waals surface area contributed by atoms with Gasteiger partial charge in [0, 0.05) is 40.6 Å². The molecule has 0 aliphatic heterocycles. The summed E-state index contributed by atoms with van der Waals surface area (Å²) in [5.74, 6) is -0.363. The lowest BCUT2D eigenvalue weighted by Crippen LogP contribution is -2.25. The normalized spacial score (nSPS) is 15.0. The molecule has 6 heteroatoms. The number of aromatic nitrogens is 2. The van der Waals surface area contributed by atoms with Crippen LogP contribution in [0, 0.1) is 0 Å². The predicted molar refractivity (Wildman–Crippen MR) is 121 cm³/mol. The van der Waals surface area contributed by atoms with Crippen LogP contribution in [-0.2, 0) is 17.8 Å². The first kappa shape index (κ1) is 18.9. The summed E-state index contributed by atoms with van der Waals surface area (Å²) in [5, 5.41) is 11.3. The van der Waals surface area contributed by atoms with Crippen LogP contribution < -0.4 is 4.90 Å². The van der Waals surface area contributed by atoms with Crippen LogP contribution in [0.5, 0.6) is 0 Å². The molecule has 30 heavy (non-hydrogen) atoms. The molecule has 0 radical (unpaired) electrons. The van der Waals surface area contributed by atoms with Gasteiger partial charge in [-0.3, -0.25) is 4.79 Å². The van der Waals surface area contributed by atoms with E-state index < -0.39 is 5.97 Å². The second-order valence-electron chi connectivity index (χ2n) is 7.93. The quantitative estimate of drug-likeness (QED) is 0.439. The third-order valence-electron chi connectivity index (χ3n) is 5.77. The Morgan fingerprint density at radius 2 is 2.10 bits per heavy atom. The van der Waals surface area contributed by atoms with Crippen molar-refractivity contribution in [1.82, 2.24) is 9.97 Å². The van der Waals surface area contributed by atoms with E-state index in [1.165, 1.54) is 21.4 Å². The SMILES string of the molecule is CC1Cc2sc(N(CCC(=O)O)Cc3ccccc3)nc2-c2cc3cc[nH]c3cc21. The van der Waals surface area contributed by atoms with E-state index in [9.17, 15) is 9.90 Å². The predicted octanol–water partition coefficient (Wildman–Crippen LogP) is 5.43. The smallest absolute Gasteiger partial charge is 0.305 e. The molecular weight excluding hydrogens is 394 g/mol. The van der Waals surface area contributed by atoms with E-state index in [2.05, 4.69) is 47.1 Å². The third kappa shape index (κ3) is 3.48. The molecule has 1 atom stereocenters. The van der Waals surface area contributed by atoms with Crippen molar-refractivity contribution >= 4 is 33.3 Å².